The summed E-state index contributed by atoms with van der Waals surface area (Å²) in [6.07, 6.45) is 3.34. The number of alkyl halides is 1. The Morgan fingerprint density at radius 3 is 2.56 bits per heavy atom. The molecule has 0 aromatic rings. The molecular weight excluding hydrogens is 347 g/mol. The molecule has 3 fully saturated rings. The molecule has 0 radical (unpaired) electrons. The summed E-state index contributed by atoms with van der Waals surface area (Å²) in [5, 5.41) is 11.3. The van der Waals surface area contributed by atoms with Crippen molar-refractivity contribution in [3.8, 4) is 0 Å². The highest BCUT2D eigenvalue weighted by Crippen LogP contribution is 2.70. The van der Waals surface area contributed by atoms with E-state index in [9.17, 15) is 19.5 Å². The van der Waals surface area contributed by atoms with Gasteiger partial charge in [-0.3, -0.25) is 14.4 Å². The molecule has 5 heteroatoms. The molecule has 3 saturated carbocycles. The molecule has 0 aromatic heterocycles. The molecule has 4 rings (SSSR count). The summed E-state index contributed by atoms with van der Waals surface area (Å²) in [6, 6.07) is 0. The van der Waals surface area contributed by atoms with Crippen molar-refractivity contribution in [3.63, 3.8) is 0 Å². The SMILES string of the molecule is C=C1C[C@H]2[C@@H]3CCC4=CC(=O)C(=O)C[C@]4(C)[C@@]3(F)CC[C@]2(C)[C@@]1(O)C(C)=O. The van der Waals surface area contributed by atoms with Gasteiger partial charge in [0.05, 0.1) is 0 Å². The van der Waals surface area contributed by atoms with Crippen LogP contribution in [0.3, 0.4) is 0 Å². The van der Waals surface area contributed by atoms with Crippen LogP contribution in [0.15, 0.2) is 23.8 Å². The number of halogens is 1. The molecule has 0 unspecified atom stereocenters. The van der Waals surface area contributed by atoms with E-state index in [2.05, 4.69) is 6.58 Å². The maximum Gasteiger partial charge on any atom is 0.221 e. The highest BCUT2D eigenvalue weighted by atomic mass is 19.1. The smallest absolute Gasteiger partial charge is 0.221 e. The number of carbonyl (C=O) groups is 3. The number of carbonyl (C=O) groups excluding carboxylic acids is 3. The van der Waals surface area contributed by atoms with Gasteiger partial charge < -0.3 is 5.11 Å². The summed E-state index contributed by atoms with van der Waals surface area (Å²) in [6.45, 7) is 9.02. The van der Waals surface area contributed by atoms with Gasteiger partial charge in [0.25, 0.3) is 0 Å². The number of fused-ring (bicyclic) bond motifs is 5. The highest BCUT2D eigenvalue weighted by molar-refractivity contribution is 6.42. The van der Waals surface area contributed by atoms with E-state index in [0.29, 0.717) is 31.3 Å². The molecule has 4 aliphatic rings. The summed E-state index contributed by atoms with van der Waals surface area (Å²) in [7, 11) is 0. The van der Waals surface area contributed by atoms with Crippen molar-refractivity contribution in [2.75, 3.05) is 0 Å². The molecule has 0 aliphatic heterocycles. The normalized spacial score (nSPS) is 49.2. The van der Waals surface area contributed by atoms with E-state index in [0.717, 1.165) is 5.57 Å². The fourth-order valence-corrected chi connectivity index (χ4v) is 6.97. The minimum Gasteiger partial charge on any atom is -0.377 e. The minimum absolute atomic E-state index is 0.0912. The number of hydrogen-bond acceptors (Lipinski definition) is 4. The Morgan fingerprint density at radius 1 is 1.26 bits per heavy atom. The van der Waals surface area contributed by atoms with Crippen molar-refractivity contribution in [1.29, 1.82) is 0 Å². The lowest BCUT2D eigenvalue weighted by atomic mass is 9.44. The molecule has 0 spiro atoms. The van der Waals surface area contributed by atoms with E-state index in [1.807, 2.05) is 6.92 Å². The molecule has 4 aliphatic carbocycles. The van der Waals surface area contributed by atoms with Crippen molar-refractivity contribution in [3.05, 3.63) is 23.8 Å². The molecule has 0 heterocycles. The third-order valence-corrected chi connectivity index (χ3v) is 8.66. The van der Waals surface area contributed by atoms with E-state index in [-0.39, 0.29) is 30.5 Å². The molecule has 1 N–H and O–H groups in total. The van der Waals surface area contributed by atoms with Crippen LogP contribution in [-0.4, -0.2) is 33.7 Å². The topological polar surface area (TPSA) is 71.4 Å². The first-order valence-electron chi connectivity index (χ1n) is 9.80. The van der Waals surface area contributed by atoms with Gasteiger partial charge in [0.2, 0.25) is 11.6 Å². The zero-order valence-electron chi connectivity index (χ0n) is 16.2. The van der Waals surface area contributed by atoms with Gasteiger partial charge in [-0.2, -0.15) is 0 Å². The van der Waals surface area contributed by atoms with E-state index in [1.165, 1.54) is 13.0 Å². The summed E-state index contributed by atoms with van der Waals surface area (Å²) >= 11 is 0. The highest BCUT2D eigenvalue weighted by Gasteiger charge is 2.72. The van der Waals surface area contributed by atoms with Gasteiger partial charge in [-0.15, -0.1) is 0 Å². The van der Waals surface area contributed by atoms with Crippen LogP contribution < -0.4 is 0 Å². The summed E-state index contributed by atoms with van der Waals surface area (Å²) in [4.78, 5) is 36.4. The molecule has 27 heavy (non-hydrogen) atoms. The molecule has 146 valence electrons. The number of aliphatic hydroxyl groups is 1. The second-order valence-corrected chi connectivity index (χ2v) is 9.57. The Hall–Kier alpha value is -1.62. The monoisotopic (exact) mass is 374 g/mol. The first kappa shape index (κ1) is 18.7. The molecule has 0 amide bonds. The Kier molecular flexibility index (Phi) is 3.64. The first-order valence-corrected chi connectivity index (χ1v) is 9.80. The number of rotatable bonds is 1. The van der Waals surface area contributed by atoms with Gasteiger partial charge in [0.15, 0.2) is 5.78 Å². The lowest BCUT2D eigenvalue weighted by molar-refractivity contribution is -0.179. The van der Waals surface area contributed by atoms with Crippen LogP contribution in [0.2, 0.25) is 0 Å². The van der Waals surface area contributed by atoms with Gasteiger partial charge in [-0.1, -0.05) is 26.0 Å². The summed E-state index contributed by atoms with van der Waals surface area (Å²) in [5.74, 6) is -1.95. The minimum atomic E-state index is -1.63. The van der Waals surface area contributed by atoms with Crippen LogP contribution in [0.5, 0.6) is 0 Å². The van der Waals surface area contributed by atoms with E-state index < -0.39 is 33.7 Å². The molecule has 0 aromatic carbocycles. The van der Waals surface area contributed by atoms with Crippen molar-refractivity contribution in [2.24, 2.45) is 22.7 Å². The first-order chi connectivity index (χ1) is 12.4. The van der Waals surface area contributed by atoms with Gasteiger partial charge in [-0.25, -0.2) is 4.39 Å². The van der Waals surface area contributed by atoms with Crippen molar-refractivity contribution >= 4 is 17.3 Å². The number of Topliss-reactive ketones (excluding diaryl/α,β-unsaturated/α-hetero) is 2. The molecule has 6 atom stereocenters. The Balaban J connectivity index is 1.81. The van der Waals surface area contributed by atoms with Crippen molar-refractivity contribution in [2.45, 2.75) is 70.6 Å². The van der Waals surface area contributed by atoms with Crippen LogP contribution in [-0.2, 0) is 14.4 Å². The van der Waals surface area contributed by atoms with Gasteiger partial charge in [0, 0.05) is 17.3 Å². The summed E-state index contributed by atoms with van der Waals surface area (Å²) < 4.78 is 16.7. The number of hydrogen-bond donors (Lipinski definition) is 1. The van der Waals surface area contributed by atoms with E-state index in [1.54, 1.807) is 6.92 Å². The lowest BCUT2D eigenvalue weighted by Crippen LogP contribution is -2.64. The fourth-order valence-electron chi connectivity index (χ4n) is 6.97. The van der Waals surface area contributed by atoms with E-state index in [4.69, 9.17) is 0 Å². The lowest BCUT2D eigenvalue weighted by Gasteiger charge is -2.61. The van der Waals surface area contributed by atoms with Gasteiger partial charge in [-0.05, 0) is 62.5 Å². The zero-order chi connectivity index (χ0) is 20.0. The average molecular weight is 374 g/mol. The maximum absolute atomic E-state index is 16.7. The quantitative estimate of drug-likeness (QED) is 0.565. The Morgan fingerprint density at radius 2 is 1.93 bits per heavy atom. The molecule has 0 bridgehead atoms. The zero-order valence-corrected chi connectivity index (χ0v) is 16.2. The second kappa shape index (κ2) is 5.25. The molecule has 4 nitrogen and oxygen atoms in total. The summed E-state index contributed by atoms with van der Waals surface area (Å²) in [5.41, 5.74) is -3.75. The van der Waals surface area contributed by atoms with Crippen molar-refractivity contribution in [1.82, 2.24) is 0 Å². The van der Waals surface area contributed by atoms with Crippen LogP contribution >= 0.6 is 0 Å². The van der Waals surface area contributed by atoms with Crippen molar-refractivity contribution < 1.29 is 23.9 Å². The number of ketones is 3. The van der Waals surface area contributed by atoms with Gasteiger partial charge in [0.1, 0.15) is 11.3 Å². The predicted molar refractivity (Wildman–Crippen MR) is 97.6 cm³/mol. The number of allylic oxidation sites excluding steroid dienone is 1. The van der Waals surface area contributed by atoms with Crippen LogP contribution in [0, 0.1) is 22.7 Å². The second-order valence-electron chi connectivity index (χ2n) is 9.57. The predicted octanol–water partition coefficient (Wildman–Crippen LogP) is 3.28. The molecular formula is C22H27FO4. The molecule has 0 saturated heterocycles. The Bertz CT molecular complexity index is 828. The van der Waals surface area contributed by atoms with Crippen LogP contribution in [0.1, 0.15) is 59.3 Å². The Labute approximate surface area is 158 Å². The largest absolute Gasteiger partial charge is 0.377 e. The maximum atomic E-state index is 16.7. The van der Waals surface area contributed by atoms with Crippen LogP contribution in [0.4, 0.5) is 4.39 Å². The van der Waals surface area contributed by atoms with Crippen LogP contribution in [0.25, 0.3) is 0 Å². The van der Waals surface area contributed by atoms with E-state index >= 15 is 4.39 Å². The third-order valence-electron chi connectivity index (χ3n) is 8.66. The fraction of sp³-hybridized carbons (Fsp3) is 0.682. The van der Waals surface area contributed by atoms with Gasteiger partial charge >= 0.3 is 0 Å². The average Bonchev–Trinajstić information content (AvgIpc) is 2.79. The third kappa shape index (κ3) is 1.94. The standard InChI is InChI=1S/C22H27FO4/c1-12-9-16-15-6-5-14-10-17(25)18(26)11-20(14,4)21(15,23)8-7-19(16,3)22(12,27)13(2)24/h10,15-16,27H,1,5-9,11H2,2-4H3/t15-,16-,19-,20-,21+,22-/m0/s1.